The van der Waals surface area contributed by atoms with Crippen molar-refractivity contribution in [2.75, 3.05) is 0 Å². The summed E-state index contributed by atoms with van der Waals surface area (Å²) in [6.07, 6.45) is 0. The zero-order valence-electron chi connectivity index (χ0n) is 9.93. The lowest BCUT2D eigenvalue weighted by Gasteiger charge is -2.09. The van der Waals surface area contributed by atoms with Crippen LogP contribution in [0.5, 0.6) is 11.5 Å². The predicted octanol–water partition coefficient (Wildman–Crippen LogP) is 4.46. The second kappa shape index (κ2) is 5.95. The van der Waals surface area contributed by atoms with E-state index in [4.69, 9.17) is 26.7 Å². The molecule has 2 rings (SSSR count). The van der Waals surface area contributed by atoms with Gasteiger partial charge in [-0.1, -0.05) is 27.5 Å². The Balaban J connectivity index is 2.40. The highest BCUT2D eigenvalue weighted by Crippen LogP contribution is 2.30. The molecule has 0 bridgehead atoms. The number of rotatable bonds is 3. The first-order valence-electron chi connectivity index (χ1n) is 5.41. The van der Waals surface area contributed by atoms with Crippen molar-refractivity contribution in [2.24, 2.45) is 0 Å². The van der Waals surface area contributed by atoms with E-state index in [0.29, 0.717) is 17.1 Å². The summed E-state index contributed by atoms with van der Waals surface area (Å²) in [7, 11) is 0. The second-order valence-corrected chi connectivity index (χ2v) is 5.12. The summed E-state index contributed by atoms with van der Waals surface area (Å²) in [6.45, 7) is 0. The summed E-state index contributed by atoms with van der Waals surface area (Å²) >= 11 is 9.07. The average Bonchev–Trinajstić information content (AvgIpc) is 2.41. The lowest BCUT2D eigenvalue weighted by molar-refractivity contribution is 0.0696. The molecule has 0 fully saturated rings. The first-order chi connectivity index (χ1) is 9.51. The third-order valence-corrected chi connectivity index (χ3v) is 3.28. The molecule has 0 saturated heterocycles. The van der Waals surface area contributed by atoms with Gasteiger partial charge in [0, 0.05) is 4.47 Å². The molecule has 6 heteroatoms. The smallest absolute Gasteiger partial charge is 0.337 e. The number of hydrogen-bond acceptors (Lipinski definition) is 3. The zero-order valence-corrected chi connectivity index (χ0v) is 12.3. The Bertz CT molecular complexity index is 725. The maximum atomic E-state index is 11.0. The Morgan fingerprint density at radius 3 is 2.70 bits per heavy atom. The van der Waals surface area contributed by atoms with Crippen LogP contribution in [0.25, 0.3) is 0 Å². The van der Waals surface area contributed by atoms with Crippen molar-refractivity contribution in [1.29, 1.82) is 5.26 Å². The fraction of sp³-hybridized carbons (Fsp3) is 0. The summed E-state index contributed by atoms with van der Waals surface area (Å²) in [5, 5.41) is 18.1. The van der Waals surface area contributed by atoms with Gasteiger partial charge in [0.15, 0.2) is 0 Å². The van der Waals surface area contributed by atoms with Gasteiger partial charge in [-0.25, -0.2) is 4.79 Å². The number of carboxylic acid groups (broad SMARTS) is 1. The van der Waals surface area contributed by atoms with Crippen molar-refractivity contribution in [3.63, 3.8) is 0 Å². The molecule has 0 saturated carbocycles. The topological polar surface area (TPSA) is 70.3 Å². The van der Waals surface area contributed by atoms with E-state index in [0.717, 1.165) is 4.47 Å². The van der Waals surface area contributed by atoms with Gasteiger partial charge in [0.25, 0.3) is 0 Å². The number of carbonyl (C=O) groups is 1. The van der Waals surface area contributed by atoms with Gasteiger partial charge in [0.2, 0.25) is 0 Å². The highest BCUT2D eigenvalue weighted by Gasteiger charge is 2.12. The summed E-state index contributed by atoms with van der Waals surface area (Å²) in [5.41, 5.74) is 0.290. The highest BCUT2D eigenvalue weighted by atomic mass is 79.9. The number of halogens is 2. The quantitative estimate of drug-likeness (QED) is 0.885. The number of aromatic carboxylic acids is 1. The minimum Gasteiger partial charge on any atom is -0.478 e. The lowest BCUT2D eigenvalue weighted by Crippen LogP contribution is -1.98. The average molecular weight is 353 g/mol. The molecule has 0 heterocycles. The normalized spacial score (nSPS) is 9.85. The Labute approximate surface area is 128 Å². The fourth-order valence-electron chi connectivity index (χ4n) is 1.53. The summed E-state index contributed by atoms with van der Waals surface area (Å²) < 4.78 is 6.30. The molecule has 0 aliphatic rings. The number of hydrogen-bond donors (Lipinski definition) is 1. The molecule has 100 valence electrons. The maximum Gasteiger partial charge on any atom is 0.337 e. The Morgan fingerprint density at radius 1 is 1.30 bits per heavy atom. The van der Waals surface area contributed by atoms with Gasteiger partial charge in [-0.05, 0) is 36.4 Å². The minimum atomic E-state index is -1.14. The first-order valence-corrected chi connectivity index (χ1v) is 6.58. The van der Waals surface area contributed by atoms with Crippen LogP contribution in [0.3, 0.4) is 0 Å². The van der Waals surface area contributed by atoms with Gasteiger partial charge < -0.3 is 9.84 Å². The predicted molar refractivity (Wildman–Crippen MR) is 77.3 cm³/mol. The van der Waals surface area contributed by atoms with Crippen LogP contribution in [0.4, 0.5) is 0 Å². The molecule has 0 aromatic heterocycles. The Hall–Kier alpha value is -2.03. The second-order valence-electron chi connectivity index (χ2n) is 3.80. The standard InChI is InChI=1S/C14H7BrClNO3/c15-9-2-1-8(7-17)13(5-9)20-10-3-4-12(16)11(6-10)14(18)19/h1-6H,(H,18,19). The molecule has 0 unspecified atom stereocenters. The molecular formula is C14H7BrClNO3. The molecule has 0 aliphatic heterocycles. The number of nitriles is 1. The monoisotopic (exact) mass is 351 g/mol. The molecule has 0 amide bonds. The largest absolute Gasteiger partial charge is 0.478 e. The number of carboxylic acids is 1. The van der Waals surface area contributed by atoms with Crippen LogP contribution in [0.2, 0.25) is 5.02 Å². The summed E-state index contributed by atoms with van der Waals surface area (Å²) in [4.78, 5) is 11.0. The van der Waals surface area contributed by atoms with Gasteiger partial charge >= 0.3 is 5.97 Å². The summed E-state index contributed by atoms with van der Waals surface area (Å²) in [6, 6.07) is 11.2. The molecule has 1 N–H and O–H groups in total. The number of nitrogens with zero attached hydrogens (tertiary/aromatic N) is 1. The number of benzene rings is 2. The molecule has 0 spiro atoms. The molecule has 0 atom stereocenters. The lowest BCUT2D eigenvalue weighted by atomic mass is 10.2. The molecule has 2 aromatic rings. The van der Waals surface area contributed by atoms with Gasteiger partial charge in [0.05, 0.1) is 16.1 Å². The van der Waals surface area contributed by atoms with Crippen LogP contribution in [-0.4, -0.2) is 11.1 Å². The van der Waals surface area contributed by atoms with Crippen molar-refractivity contribution < 1.29 is 14.6 Å². The molecule has 0 aliphatic carbocycles. The van der Waals surface area contributed by atoms with Gasteiger partial charge in [-0.2, -0.15) is 5.26 Å². The van der Waals surface area contributed by atoms with E-state index in [1.54, 1.807) is 18.2 Å². The molecule has 4 nitrogen and oxygen atoms in total. The SMILES string of the molecule is N#Cc1ccc(Br)cc1Oc1ccc(Cl)c(C(=O)O)c1. The van der Waals surface area contributed by atoms with Gasteiger partial charge in [-0.15, -0.1) is 0 Å². The van der Waals surface area contributed by atoms with E-state index < -0.39 is 5.97 Å². The van der Waals surface area contributed by atoms with Crippen LogP contribution >= 0.6 is 27.5 Å². The third kappa shape index (κ3) is 3.10. The Kier molecular flexibility index (Phi) is 4.28. The summed E-state index contributed by atoms with van der Waals surface area (Å²) in [5.74, 6) is -0.517. The van der Waals surface area contributed by atoms with Crippen LogP contribution in [0.15, 0.2) is 40.9 Å². The van der Waals surface area contributed by atoms with E-state index in [1.165, 1.54) is 18.2 Å². The van der Waals surface area contributed by atoms with Crippen molar-refractivity contribution in [3.05, 3.63) is 57.0 Å². The number of ether oxygens (including phenoxy) is 1. The molecule has 0 radical (unpaired) electrons. The van der Waals surface area contributed by atoms with Crippen LogP contribution in [0, 0.1) is 11.3 Å². The van der Waals surface area contributed by atoms with Crippen LogP contribution < -0.4 is 4.74 Å². The maximum absolute atomic E-state index is 11.0. The van der Waals surface area contributed by atoms with E-state index in [1.807, 2.05) is 6.07 Å². The third-order valence-electron chi connectivity index (χ3n) is 2.46. The van der Waals surface area contributed by atoms with Crippen molar-refractivity contribution in [1.82, 2.24) is 0 Å². The van der Waals surface area contributed by atoms with Crippen molar-refractivity contribution in [2.45, 2.75) is 0 Å². The van der Waals surface area contributed by atoms with E-state index in [-0.39, 0.29) is 10.6 Å². The van der Waals surface area contributed by atoms with E-state index >= 15 is 0 Å². The van der Waals surface area contributed by atoms with Crippen LogP contribution in [-0.2, 0) is 0 Å². The van der Waals surface area contributed by atoms with Crippen LogP contribution in [0.1, 0.15) is 15.9 Å². The first kappa shape index (κ1) is 14.4. The van der Waals surface area contributed by atoms with E-state index in [2.05, 4.69) is 15.9 Å². The van der Waals surface area contributed by atoms with Crippen molar-refractivity contribution in [3.8, 4) is 17.6 Å². The molecule has 2 aromatic carbocycles. The highest BCUT2D eigenvalue weighted by molar-refractivity contribution is 9.10. The Morgan fingerprint density at radius 2 is 2.05 bits per heavy atom. The van der Waals surface area contributed by atoms with Crippen molar-refractivity contribution >= 4 is 33.5 Å². The van der Waals surface area contributed by atoms with Gasteiger partial charge in [-0.3, -0.25) is 0 Å². The molecule has 20 heavy (non-hydrogen) atoms. The molecular weight excluding hydrogens is 346 g/mol. The van der Waals surface area contributed by atoms with Gasteiger partial charge in [0.1, 0.15) is 17.6 Å². The minimum absolute atomic E-state index is 0.0577. The zero-order chi connectivity index (χ0) is 14.7. The fourth-order valence-corrected chi connectivity index (χ4v) is 2.07. The van der Waals surface area contributed by atoms with E-state index in [9.17, 15) is 4.79 Å².